The molecule has 0 amide bonds. The van der Waals surface area contributed by atoms with E-state index in [9.17, 15) is 4.79 Å². The Morgan fingerprint density at radius 3 is 2.33 bits per heavy atom. The zero-order valence-electron chi connectivity index (χ0n) is 10.0. The first-order chi connectivity index (χ1) is 6.25. The number of halogens is 1. The first kappa shape index (κ1) is 17.1. The van der Waals surface area contributed by atoms with Crippen LogP contribution in [0.15, 0.2) is 12.2 Å². The van der Waals surface area contributed by atoms with Gasteiger partial charge in [-0.2, -0.15) is 0 Å². The molecular formula is C11H22BrNO2. The lowest BCUT2D eigenvalue weighted by atomic mass is 9.88. The lowest BCUT2D eigenvalue weighted by Crippen LogP contribution is -2.39. The summed E-state index contributed by atoms with van der Waals surface area (Å²) in [5.41, 5.74) is 6.11. The van der Waals surface area contributed by atoms with Crippen LogP contribution in [0.3, 0.4) is 0 Å². The summed E-state index contributed by atoms with van der Waals surface area (Å²) < 4.78 is 4.98. The predicted molar refractivity (Wildman–Crippen MR) is 68.1 cm³/mol. The van der Waals surface area contributed by atoms with Gasteiger partial charge >= 0.3 is 5.97 Å². The van der Waals surface area contributed by atoms with Crippen LogP contribution in [0.2, 0.25) is 0 Å². The van der Waals surface area contributed by atoms with E-state index >= 15 is 0 Å². The summed E-state index contributed by atoms with van der Waals surface area (Å²) in [6.07, 6.45) is 0.780. The number of carbonyl (C=O) groups is 1. The van der Waals surface area contributed by atoms with E-state index in [4.69, 9.17) is 10.5 Å². The summed E-state index contributed by atoms with van der Waals surface area (Å²) >= 11 is 0. The Bertz CT molecular complexity index is 221. The van der Waals surface area contributed by atoms with Crippen molar-refractivity contribution < 1.29 is 9.53 Å². The van der Waals surface area contributed by atoms with Gasteiger partial charge in [-0.1, -0.05) is 13.5 Å². The number of carbonyl (C=O) groups excluding carboxylic acids is 1. The van der Waals surface area contributed by atoms with E-state index in [1.165, 1.54) is 0 Å². The van der Waals surface area contributed by atoms with E-state index in [1.54, 1.807) is 6.92 Å². The van der Waals surface area contributed by atoms with Crippen LogP contribution >= 0.6 is 17.0 Å². The van der Waals surface area contributed by atoms with Gasteiger partial charge in [0, 0.05) is 11.1 Å². The fraction of sp³-hybridized carbons (Fsp3) is 0.727. The largest absolute Gasteiger partial charge is 0.462 e. The summed E-state index contributed by atoms with van der Waals surface area (Å²) in [7, 11) is 0. The Morgan fingerprint density at radius 1 is 1.53 bits per heavy atom. The van der Waals surface area contributed by atoms with E-state index in [0.29, 0.717) is 18.1 Å². The second-order valence-electron chi connectivity index (χ2n) is 4.43. The van der Waals surface area contributed by atoms with Crippen molar-refractivity contribution in [3.05, 3.63) is 12.2 Å². The average molecular weight is 280 g/mol. The fourth-order valence-corrected chi connectivity index (χ4v) is 0.824. The standard InChI is InChI=1S/C11H21NO2.BrH/c1-8(2)10(13)14-7-6-9(3)11(4,5)12;/h9H,1,6-7,12H2,2-5H3;1H. The molecular weight excluding hydrogens is 258 g/mol. The molecule has 0 rings (SSSR count). The Labute approximate surface area is 103 Å². The first-order valence-corrected chi connectivity index (χ1v) is 4.86. The minimum atomic E-state index is -0.327. The molecule has 0 aromatic carbocycles. The zero-order valence-corrected chi connectivity index (χ0v) is 11.7. The highest BCUT2D eigenvalue weighted by molar-refractivity contribution is 8.93. The van der Waals surface area contributed by atoms with E-state index in [-0.39, 0.29) is 28.5 Å². The molecule has 0 aromatic heterocycles. The molecule has 4 heteroatoms. The van der Waals surface area contributed by atoms with Gasteiger partial charge in [-0.25, -0.2) is 4.79 Å². The Morgan fingerprint density at radius 2 is 2.00 bits per heavy atom. The van der Waals surface area contributed by atoms with Crippen molar-refractivity contribution >= 4 is 23.0 Å². The van der Waals surface area contributed by atoms with E-state index in [1.807, 2.05) is 13.8 Å². The van der Waals surface area contributed by atoms with Crippen LogP contribution in [0.1, 0.15) is 34.1 Å². The number of hydrogen-bond donors (Lipinski definition) is 1. The molecule has 3 nitrogen and oxygen atoms in total. The van der Waals surface area contributed by atoms with Crippen LogP contribution in [0.4, 0.5) is 0 Å². The van der Waals surface area contributed by atoms with Crippen molar-refractivity contribution in [1.29, 1.82) is 0 Å². The number of nitrogens with two attached hydrogens (primary N) is 1. The monoisotopic (exact) mass is 279 g/mol. The molecule has 0 spiro atoms. The van der Waals surface area contributed by atoms with Crippen molar-refractivity contribution in [2.75, 3.05) is 6.61 Å². The average Bonchev–Trinajstić information content (AvgIpc) is 2.01. The molecule has 0 heterocycles. The van der Waals surface area contributed by atoms with Crippen LogP contribution in [-0.4, -0.2) is 18.1 Å². The van der Waals surface area contributed by atoms with Gasteiger partial charge in [0.15, 0.2) is 0 Å². The van der Waals surface area contributed by atoms with Gasteiger partial charge in [0.25, 0.3) is 0 Å². The fourth-order valence-electron chi connectivity index (χ4n) is 0.824. The highest BCUT2D eigenvalue weighted by Crippen LogP contribution is 2.16. The highest BCUT2D eigenvalue weighted by atomic mass is 79.9. The maximum absolute atomic E-state index is 11.0. The third-order valence-electron chi connectivity index (χ3n) is 2.40. The third-order valence-corrected chi connectivity index (χ3v) is 2.40. The molecule has 1 atom stereocenters. The molecule has 0 saturated heterocycles. The molecule has 0 radical (unpaired) electrons. The van der Waals surface area contributed by atoms with Crippen LogP contribution < -0.4 is 5.73 Å². The van der Waals surface area contributed by atoms with Gasteiger partial charge in [-0.3, -0.25) is 0 Å². The topological polar surface area (TPSA) is 52.3 Å². The highest BCUT2D eigenvalue weighted by Gasteiger charge is 2.20. The first-order valence-electron chi connectivity index (χ1n) is 4.86. The minimum absolute atomic E-state index is 0. The Balaban J connectivity index is 0. The number of ether oxygens (including phenoxy) is 1. The maximum atomic E-state index is 11.0. The van der Waals surface area contributed by atoms with Gasteiger partial charge in [0.05, 0.1) is 6.61 Å². The van der Waals surface area contributed by atoms with Gasteiger partial charge in [0.2, 0.25) is 0 Å². The van der Waals surface area contributed by atoms with Crippen LogP contribution in [0.25, 0.3) is 0 Å². The smallest absolute Gasteiger partial charge is 0.333 e. The quantitative estimate of drug-likeness (QED) is 0.621. The van der Waals surface area contributed by atoms with Gasteiger partial charge in [-0.05, 0) is 33.1 Å². The minimum Gasteiger partial charge on any atom is -0.462 e. The molecule has 0 aliphatic carbocycles. The van der Waals surface area contributed by atoms with Crippen LogP contribution in [0, 0.1) is 5.92 Å². The lowest BCUT2D eigenvalue weighted by molar-refractivity contribution is -0.139. The molecule has 0 aliphatic rings. The summed E-state index contributed by atoms with van der Waals surface area (Å²) in [5.74, 6) is -0.00699. The van der Waals surface area contributed by atoms with Crippen molar-refractivity contribution in [1.82, 2.24) is 0 Å². The molecule has 1 unspecified atom stereocenters. The molecule has 0 saturated carbocycles. The second-order valence-corrected chi connectivity index (χ2v) is 4.43. The molecule has 0 aromatic rings. The number of hydrogen-bond acceptors (Lipinski definition) is 3. The number of esters is 1. The van der Waals surface area contributed by atoms with E-state index in [0.717, 1.165) is 6.42 Å². The van der Waals surface area contributed by atoms with Crippen LogP contribution in [-0.2, 0) is 9.53 Å². The molecule has 90 valence electrons. The van der Waals surface area contributed by atoms with Crippen molar-refractivity contribution in [2.24, 2.45) is 11.7 Å². The third kappa shape index (κ3) is 7.56. The van der Waals surface area contributed by atoms with Crippen molar-refractivity contribution in [2.45, 2.75) is 39.7 Å². The Kier molecular flexibility index (Phi) is 7.97. The van der Waals surface area contributed by atoms with Gasteiger partial charge in [-0.15, -0.1) is 17.0 Å². The summed E-state index contributed by atoms with van der Waals surface area (Å²) in [4.78, 5) is 11.0. The number of rotatable bonds is 5. The van der Waals surface area contributed by atoms with Gasteiger partial charge in [0.1, 0.15) is 0 Å². The predicted octanol–water partition coefficient (Wildman–Crippen LogP) is 2.45. The van der Waals surface area contributed by atoms with Crippen molar-refractivity contribution in [3.63, 3.8) is 0 Å². The molecule has 0 bridgehead atoms. The second kappa shape index (κ2) is 7.01. The molecule has 0 fully saturated rings. The summed E-state index contributed by atoms with van der Waals surface area (Å²) in [6, 6.07) is 0. The normalized spacial score (nSPS) is 12.6. The van der Waals surface area contributed by atoms with E-state index in [2.05, 4.69) is 13.5 Å². The maximum Gasteiger partial charge on any atom is 0.333 e. The summed E-state index contributed by atoms with van der Waals surface area (Å²) in [5, 5.41) is 0. The Hall–Kier alpha value is -0.350. The van der Waals surface area contributed by atoms with Gasteiger partial charge < -0.3 is 10.5 Å². The summed E-state index contributed by atoms with van der Waals surface area (Å²) in [6.45, 7) is 11.5. The molecule has 15 heavy (non-hydrogen) atoms. The lowest BCUT2D eigenvalue weighted by Gasteiger charge is -2.26. The zero-order chi connectivity index (χ0) is 11.4. The molecule has 2 N–H and O–H groups in total. The van der Waals surface area contributed by atoms with E-state index < -0.39 is 0 Å². The van der Waals surface area contributed by atoms with Crippen molar-refractivity contribution in [3.8, 4) is 0 Å². The van der Waals surface area contributed by atoms with Crippen LogP contribution in [0.5, 0.6) is 0 Å². The SMILES string of the molecule is Br.C=C(C)C(=O)OCCC(C)C(C)(C)N. The molecule has 0 aliphatic heterocycles.